The molecule has 14 heteroatoms. The predicted molar refractivity (Wildman–Crippen MR) is 143 cm³/mol. The number of benzene rings is 2. The molecule has 234 valence electrons. The first kappa shape index (κ1) is 31.8. The molecule has 4 rings (SSSR count). The van der Waals surface area contributed by atoms with Crippen molar-refractivity contribution in [3.63, 3.8) is 0 Å². The molecule has 0 bridgehead atoms. The van der Waals surface area contributed by atoms with E-state index < -0.39 is 61.4 Å². The van der Waals surface area contributed by atoms with E-state index >= 15 is 0 Å². The number of rotatable bonds is 11. The largest absolute Gasteiger partial charge is 0.502 e. The summed E-state index contributed by atoms with van der Waals surface area (Å²) in [6.07, 6.45) is -9.07. The fourth-order valence-electron chi connectivity index (χ4n) is 5.46. The minimum Gasteiger partial charge on any atom is -0.502 e. The Morgan fingerprint density at radius 1 is 0.619 bits per heavy atom. The van der Waals surface area contributed by atoms with Crippen molar-refractivity contribution < 1.29 is 68.9 Å². The van der Waals surface area contributed by atoms with Crippen LogP contribution in [0.25, 0.3) is 0 Å². The first-order valence-corrected chi connectivity index (χ1v) is 13.2. The van der Waals surface area contributed by atoms with Crippen LogP contribution in [0, 0.1) is 11.8 Å². The van der Waals surface area contributed by atoms with Gasteiger partial charge in [0, 0.05) is 25.0 Å². The molecule has 0 radical (unpaired) electrons. The highest BCUT2D eigenvalue weighted by Gasteiger charge is 2.47. The summed E-state index contributed by atoms with van der Waals surface area (Å²) in [4.78, 5) is 0. The monoisotopic (exact) mass is 598 g/mol. The normalized spacial score (nSPS) is 31.0. The molecule has 2 heterocycles. The summed E-state index contributed by atoms with van der Waals surface area (Å²) in [7, 11) is 5.52. The van der Waals surface area contributed by atoms with Crippen molar-refractivity contribution in [3.05, 3.63) is 35.4 Å². The molecule has 0 amide bonds. The number of hydrogen-bond donors (Lipinski definition) is 7. The molecule has 0 aliphatic carbocycles. The average Bonchev–Trinajstić information content (AvgIpc) is 3.39. The van der Waals surface area contributed by atoms with Crippen molar-refractivity contribution in [3.8, 4) is 34.5 Å². The first-order valence-electron chi connectivity index (χ1n) is 13.2. The van der Waals surface area contributed by atoms with Gasteiger partial charge in [-0.15, -0.1) is 0 Å². The van der Waals surface area contributed by atoms with Crippen LogP contribution in [0.15, 0.2) is 24.3 Å². The van der Waals surface area contributed by atoms with Crippen LogP contribution in [0.2, 0.25) is 0 Å². The van der Waals surface area contributed by atoms with E-state index in [2.05, 4.69) is 0 Å². The van der Waals surface area contributed by atoms with Gasteiger partial charge in [0.15, 0.2) is 23.0 Å². The Morgan fingerprint density at radius 2 is 1.07 bits per heavy atom. The Bertz CT molecular complexity index is 1160. The molecular formula is C28H38O14. The summed E-state index contributed by atoms with van der Waals surface area (Å²) in [5, 5.41) is 71.3. The average molecular weight is 599 g/mol. The summed E-state index contributed by atoms with van der Waals surface area (Å²) in [6.45, 7) is -1.30. The van der Waals surface area contributed by atoms with Gasteiger partial charge >= 0.3 is 0 Å². The van der Waals surface area contributed by atoms with Gasteiger partial charge in [0.1, 0.15) is 24.4 Å². The van der Waals surface area contributed by atoms with Crippen LogP contribution in [-0.2, 0) is 9.47 Å². The number of ether oxygens (including phenoxy) is 7. The zero-order valence-corrected chi connectivity index (χ0v) is 23.6. The Labute approximate surface area is 242 Å². The lowest BCUT2D eigenvalue weighted by atomic mass is 9.83. The molecule has 0 aromatic heterocycles. The van der Waals surface area contributed by atoms with Gasteiger partial charge in [0.05, 0.1) is 47.3 Å². The lowest BCUT2D eigenvalue weighted by Gasteiger charge is -2.39. The van der Waals surface area contributed by atoms with Gasteiger partial charge in [-0.2, -0.15) is 0 Å². The molecule has 42 heavy (non-hydrogen) atoms. The van der Waals surface area contributed by atoms with Gasteiger partial charge in [-0.3, -0.25) is 0 Å². The maximum atomic E-state index is 10.5. The molecule has 14 nitrogen and oxygen atoms in total. The summed E-state index contributed by atoms with van der Waals surface area (Å²) < 4.78 is 39.4. The topological polar surface area (TPSA) is 206 Å². The van der Waals surface area contributed by atoms with Gasteiger partial charge < -0.3 is 68.9 Å². The number of aromatic hydroxyl groups is 1. The first-order chi connectivity index (χ1) is 20.2. The summed E-state index contributed by atoms with van der Waals surface area (Å²) in [6, 6.07) is 6.29. The maximum absolute atomic E-state index is 10.5. The zero-order chi connectivity index (χ0) is 30.7. The standard InChI is InChI=1S/C28H38O14/c1-36-16-5-12(6-17(37-2)21(16)32)25-14(9-29)15(10-30)26(41-25)13-7-18(38-3)27(19(8-13)39-4)42-28-24(35)23(34)22(33)20(11-31)40-28/h5-8,14-15,20,22-26,28-35H,9-11H2,1-4H3. The Kier molecular flexibility index (Phi) is 10.2. The fraction of sp³-hybridized carbons (Fsp3) is 0.571. The maximum Gasteiger partial charge on any atom is 0.229 e. The van der Waals surface area contributed by atoms with Gasteiger partial charge in [0.2, 0.25) is 17.8 Å². The van der Waals surface area contributed by atoms with Crippen LogP contribution in [0.4, 0.5) is 0 Å². The highest BCUT2D eigenvalue weighted by atomic mass is 16.7. The van der Waals surface area contributed by atoms with Crippen molar-refractivity contribution in [1.29, 1.82) is 0 Å². The highest BCUT2D eigenvalue weighted by molar-refractivity contribution is 5.55. The molecule has 0 spiro atoms. The number of aliphatic hydroxyl groups is 6. The zero-order valence-electron chi connectivity index (χ0n) is 23.6. The minimum absolute atomic E-state index is 0.00473. The van der Waals surface area contributed by atoms with Crippen molar-refractivity contribution >= 4 is 0 Å². The summed E-state index contributed by atoms with van der Waals surface area (Å²) in [5.74, 6) is -0.814. The highest BCUT2D eigenvalue weighted by Crippen LogP contribution is 2.53. The molecular weight excluding hydrogens is 560 g/mol. The van der Waals surface area contributed by atoms with Crippen LogP contribution in [0.5, 0.6) is 34.5 Å². The third kappa shape index (κ3) is 5.76. The van der Waals surface area contributed by atoms with E-state index in [0.717, 1.165) is 0 Å². The van der Waals surface area contributed by atoms with Gasteiger partial charge in [-0.25, -0.2) is 0 Å². The Hall–Kier alpha value is -3.08. The number of phenols is 1. The van der Waals surface area contributed by atoms with E-state index in [1.54, 1.807) is 24.3 Å². The summed E-state index contributed by atoms with van der Waals surface area (Å²) >= 11 is 0. The third-order valence-corrected chi connectivity index (χ3v) is 7.77. The number of aliphatic hydroxyl groups excluding tert-OH is 6. The molecule has 9 atom stereocenters. The van der Waals surface area contributed by atoms with Gasteiger partial charge in [-0.1, -0.05) is 0 Å². The van der Waals surface area contributed by atoms with Crippen LogP contribution in [0.3, 0.4) is 0 Å². The van der Waals surface area contributed by atoms with Crippen molar-refractivity contribution in [2.45, 2.75) is 42.9 Å². The Morgan fingerprint density at radius 3 is 1.48 bits per heavy atom. The van der Waals surface area contributed by atoms with Gasteiger partial charge in [-0.05, 0) is 35.4 Å². The van der Waals surface area contributed by atoms with E-state index in [1.165, 1.54) is 28.4 Å². The molecule has 0 saturated carbocycles. The van der Waals surface area contributed by atoms with E-state index in [-0.39, 0.29) is 47.7 Å². The van der Waals surface area contributed by atoms with Crippen LogP contribution in [-0.4, -0.2) is 115 Å². The van der Waals surface area contributed by atoms with E-state index in [1.807, 2.05) is 0 Å². The van der Waals surface area contributed by atoms with E-state index in [4.69, 9.17) is 33.2 Å². The molecule has 2 saturated heterocycles. The molecule has 2 aliphatic heterocycles. The number of hydrogen-bond acceptors (Lipinski definition) is 14. The quantitative estimate of drug-likeness (QED) is 0.176. The summed E-state index contributed by atoms with van der Waals surface area (Å²) in [5.41, 5.74) is 1.05. The second kappa shape index (κ2) is 13.5. The smallest absolute Gasteiger partial charge is 0.229 e. The van der Waals surface area contributed by atoms with E-state index in [0.29, 0.717) is 11.1 Å². The molecule has 9 unspecified atom stereocenters. The Balaban J connectivity index is 1.70. The second-order valence-corrected chi connectivity index (χ2v) is 10.0. The van der Waals surface area contributed by atoms with Crippen LogP contribution < -0.4 is 23.7 Å². The van der Waals surface area contributed by atoms with Crippen LogP contribution >= 0.6 is 0 Å². The van der Waals surface area contributed by atoms with E-state index in [9.17, 15) is 35.7 Å². The fourth-order valence-corrected chi connectivity index (χ4v) is 5.46. The van der Waals surface area contributed by atoms with Crippen molar-refractivity contribution in [2.24, 2.45) is 11.8 Å². The predicted octanol–water partition coefficient (Wildman–Crippen LogP) is -0.365. The SMILES string of the molecule is COc1cc(C2OC(c3cc(OC)c(OC4OC(CO)C(O)C(O)C4O)c(OC)c3)C(CO)C2CO)cc(OC)c1O. The van der Waals surface area contributed by atoms with Gasteiger partial charge in [0.25, 0.3) is 0 Å². The second-order valence-electron chi connectivity index (χ2n) is 10.0. The number of phenolic OH excluding ortho intramolecular Hbond substituents is 1. The lowest BCUT2D eigenvalue weighted by Crippen LogP contribution is -2.60. The minimum atomic E-state index is -1.67. The van der Waals surface area contributed by atoms with Crippen molar-refractivity contribution in [2.75, 3.05) is 48.3 Å². The van der Waals surface area contributed by atoms with Crippen molar-refractivity contribution in [1.82, 2.24) is 0 Å². The third-order valence-electron chi connectivity index (χ3n) is 7.77. The molecule has 7 N–H and O–H groups in total. The molecule has 2 fully saturated rings. The van der Waals surface area contributed by atoms with Crippen LogP contribution in [0.1, 0.15) is 23.3 Å². The molecule has 2 aliphatic rings. The molecule has 2 aromatic carbocycles. The number of methoxy groups -OCH3 is 4. The lowest BCUT2D eigenvalue weighted by molar-refractivity contribution is -0.277. The molecule has 2 aromatic rings.